The molecule has 1 aromatic heterocycles. The Kier molecular flexibility index (Phi) is 6.74. The summed E-state index contributed by atoms with van der Waals surface area (Å²) in [7, 11) is 1.88. The topological polar surface area (TPSA) is 81.7 Å². The maximum atomic E-state index is 13.3. The maximum Gasteiger partial charge on any atom is 0.237 e. The summed E-state index contributed by atoms with van der Waals surface area (Å²) in [6, 6.07) is -0.0879. The molecule has 0 unspecified atom stereocenters. The second-order valence-electron chi connectivity index (χ2n) is 9.35. The Morgan fingerprint density at radius 3 is 2.55 bits per heavy atom. The lowest BCUT2D eigenvalue weighted by molar-refractivity contribution is -0.136. The van der Waals surface area contributed by atoms with Gasteiger partial charge in [0.2, 0.25) is 11.8 Å². The Balaban J connectivity index is 1.55. The van der Waals surface area contributed by atoms with Crippen molar-refractivity contribution < 1.29 is 9.59 Å². The van der Waals surface area contributed by atoms with E-state index in [4.69, 9.17) is 9.97 Å². The molecule has 31 heavy (non-hydrogen) atoms. The van der Waals surface area contributed by atoms with Crippen molar-refractivity contribution in [2.45, 2.75) is 65.0 Å². The predicted molar refractivity (Wildman–Crippen MR) is 120 cm³/mol. The van der Waals surface area contributed by atoms with E-state index >= 15 is 0 Å². The SMILES string of the molecule is CNc1nc([C@H]2CCCCN2C(=O)CN2CCC(C)CC2)nc2c1CCN(C(C)=O)C2. The zero-order chi connectivity index (χ0) is 22.0. The highest BCUT2D eigenvalue weighted by molar-refractivity contribution is 5.79. The van der Waals surface area contributed by atoms with Crippen LogP contribution in [-0.4, -0.2) is 76.3 Å². The number of fused-ring (bicyclic) bond motifs is 1. The van der Waals surface area contributed by atoms with Crippen LogP contribution >= 0.6 is 0 Å². The average molecular weight is 429 g/mol. The van der Waals surface area contributed by atoms with Gasteiger partial charge in [0.05, 0.1) is 24.8 Å². The minimum Gasteiger partial charge on any atom is -0.373 e. The monoisotopic (exact) mass is 428 g/mol. The van der Waals surface area contributed by atoms with Crippen LogP contribution < -0.4 is 5.32 Å². The van der Waals surface area contributed by atoms with Crippen molar-refractivity contribution in [2.24, 2.45) is 5.92 Å². The second-order valence-corrected chi connectivity index (χ2v) is 9.35. The Labute approximate surface area is 185 Å². The van der Waals surface area contributed by atoms with Gasteiger partial charge < -0.3 is 15.1 Å². The van der Waals surface area contributed by atoms with Crippen molar-refractivity contribution in [3.63, 3.8) is 0 Å². The number of hydrogen-bond acceptors (Lipinski definition) is 6. The number of rotatable bonds is 4. The molecule has 1 aromatic rings. The number of likely N-dealkylation sites (tertiary alicyclic amines) is 2. The highest BCUT2D eigenvalue weighted by Gasteiger charge is 2.33. The number of anilines is 1. The lowest BCUT2D eigenvalue weighted by atomic mass is 9.98. The summed E-state index contributed by atoms with van der Waals surface area (Å²) in [4.78, 5) is 41.1. The minimum atomic E-state index is -0.0879. The highest BCUT2D eigenvalue weighted by atomic mass is 16.2. The van der Waals surface area contributed by atoms with Crippen LogP contribution in [0.4, 0.5) is 5.82 Å². The molecule has 4 heterocycles. The molecule has 0 aromatic carbocycles. The van der Waals surface area contributed by atoms with Crippen molar-refractivity contribution in [1.29, 1.82) is 0 Å². The molecule has 0 radical (unpaired) electrons. The molecule has 8 heteroatoms. The molecule has 3 aliphatic heterocycles. The first-order valence-electron chi connectivity index (χ1n) is 11.8. The maximum absolute atomic E-state index is 13.3. The zero-order valence-electron chi connectivity index (χ0n) is 19.2. The van der Waals surface area contributed by atoms with Gasteiger partial charge in [-0.25, -0.2) is 9.97 Å². The van der Waals surface area contributed by atoms with E-state index in [1.165, 1.54) is 12.8 Å². The molecule has 2 saturated heterocycles. The Hall–Kier alpha value is -2.22. The Morgan fingerprint density at radius 2 is 1.84 bits per heavy atom. The van der Waals surface area contributed by atoms with Gasteiger partial charge in [-0.2, -0.15) is 0 Å². The van der Waals surface area contributed by atoms with Crippen LogP contribution in [0, 0.1) is 5.92 Å². The van der Waals surface area contributed by atoms with Gasteiger partial charge in [-0.1, -0.05) is 6.92 Å². The molecule has 0 spiro atoms. The smallest absolute Gasteiger partial charge is 0.237 e. The first-order chi connectivity index (χ1) is 15.0. The van der Waals surface area contributed by atoms with Gasteiger partial charge in [0, 0.05) is 32.6 Å². The standard InChI is InChI=1S/C23H36N6O2/c1-16-7-11-27(12-8-16)15-21(31)29-10-5-4-6-20(29)23-25-19-14-28(17(2)30)13-9-18(19)22(24-3)26-23/h16,20H,4-15H2,1-3H3,(H,24,25,26)/t20-/m1/s1. The van der Waals surface area contributed by atoms with Crippen LogP contribution in [-0.2, 0) is 22.6 Å². The van der Waals surface area contributed by atoms with Crippen LogP contribution in [0.1, 0.15) is 69.1 Å². The first kappa shape index (κ1) is 22.0. The normalized spacial score (nSPS) is 22.9. The summed E-state index contributed by atoms with van der Waals surface area (Å²) < 4.78 is 0. The summed E-state index contributed by atoms with van der Waals surface area (Å²) in [6.45, 7) is 8.38. The van der Waals surface area contributed by atoms with Crippen LogP contribution in [0.25, 0.3) is 0 Å². The van der Waals surface area contributed by atoms with Gasteiger partial charge in [-0.15, -0.1) is 0 Å². The fraction of sp³-hybridized carbons (Fsp3) is 0.739. The second kappa shape index (κ2) is 9.51. The van der Waals surface area contributed by atoms with E-state index in [9.17, 15) is 9.59 Å². The number of hydrogen-bond donors (Lipinski definition) is 1. The number of amides is 2. The number of nitrogens with one attached hydrogen (secondary N) is 1. The van der Waals surface area contributed by atoms with Crippen LogP contribution in [0.5, 0.6) is 0 Å². The predicted octanol–water partition coefficient (Wildman–Crippen LogP) is 2.21. The van der Waals surface area contributed by atoms with E-state index < -0.39 is 0 Å². The van der Waals surface area contributed by atoms with Crippen LogP contribution in [0.15, 0.2) is 0 Å². The number of nitrogens with zero attached hydrogens (tertiary/aromatic N) is 5. The molecule has 0 saturated carbocycles. The minimum absolute atomic E-state index is 0.0714. The molecule has 2 amide bonds. The van der Waals surface area contributed by atoms with Gasteiger partial charge >= 0.3 is 0 Å². The molecule has 0 bridgehead atoms. The largest absolute Gasteiger partial charge is 0.373 e. The Morgan fingerprint density at radius 1 is 1.06 bits per heavy atom. The van der Waals surface area contributed by atoms with Crippen molar-refractivity contribution >= 4 is 17.6 Å². The number of aromatic nitrogens is 2. The van der Waals surface area contributed by atoms with Crippen molar-refractivity contribution in [3.8, 4) is 0 Å². The summed E-state index contributed by atoms with van der Waals surface area (Å²) in [5.74, 6) is 2.58. The van der Waals surface area contributed by atoms with E-state index in [0.717, 1.165) is 68.3 Å². The molecule has 170 valence electrons. The molecular formula is C23H36N6O2. The van der Waals surface area contributed by atoms with Gasteiger partial charge in [0.1, 0.15) is 5.82 Å². The summed E-state index contributed by atoms with van der Waals surface area (Å²) in [6.07, 6.45) is 6.09. The Bertz CT molecular complexity index is 821. The van der Waals surface area contributed by atoms with Gasteiger partial charge in [-0.05, 0) is 57.5 Å². The summed E-state index contributed by atoms with van der Waals surface area (Å²) >= 11 is 0. The van der Waals surface area contributed by atoms with Gasteiger partial charge in [0.25, 0.3) is 0 Å². The molecule has 8 nitrogen and oxygen atoms in total. The van der Waals surface area contributed by atoms with Gasteiger partial charge in [-0.3, -0.25) is 14.5 Å². The molecule has 0 aliphatic carbocycles. The third-order valence-electron chi connectivity index (χ3n) is 7.12. The van der Waals surface area contributed by atoms with E-state index in [0.29, 0.717) is 25.5 Å². The van der Waals surface area contributed by atoms with Crippen molar-refractivity contribution in [2.75, 3.05) is 45.1 Å². The van der Waals surface area contributed by atoms with E-state index in [1.807, 2.05) is 16.8 Å². The van der Waals surface area contributed by atoms with Crippen molar-refractivity contribution in [1.82, 2.24) is 24.7 Å². The fourth-order valence-corrected chi connectivity index (χ4v) is 5.07. The zero-order valence-corrected chi connectivity index (χ0v) is 19.2. The average Bonchev–Trinajstić information content (AvgIpc) is 2.79. The van der Waals surface area contributed by atoms with E-state index in [1.54, 1.807) is 6.92 Å². The molecule has 2 fully saturated rings. The third-order valence-corrected chi connectivity index (χ3v) is 7.12. The highest BCUT2D eigenvalue weighted by Crippen LogP contribution is 2.32. The third kappa shape index (κ3) is 4.84. The molecule has 1 N–H and O–H groups in total. The molecule has 1 atom stereocenters. The lowest BCUT2D eigenvalue weighted by Crippen LogP contribution is -2.46. The van der Waals surface area contributed by atoms with Crippen LogP contribution in [0.2, 0.25) is 0 Å². The molecular weight excluding hydrogens is 392 g/mol. The van der Waals surface area contributed by atoms with Crippen molar-refractivity contribution in [3.05, 3.63) is 17.1 Å². The number of piperidine rings is 2. The summed E-state index contributed by atoms with van der Waals surface area (Å²) in [5, 5.41) is 3.23. The summed E-state index contributed by atoms with van der Waals surface area (Å²) in [5.41, 5.74) is 2.01. The van der Waals surface area contributed by atoms with Gasteiger partial charge in [0.15, 0.2) is 5.82 Å². The molecule has 3 aliphatic rings. The van der Waals surface area contributed by atoms with E-state index in [-0.39, 0.29) is 17.9 Å². The number of carbonyl (C=O) groups is 2. The quantitative estimate of drug-likeness (QED) is 0.792. The van der Waals surface area contributed by atoms with Crippen LogP contribution in [0.3, 0.4) is 0 Å². The lowest BCUT2D eigenvalue weighted by Gasteiger charge is -2.38. The number of carbonyl (C=O) groups excluding carboxylic acids is 2. The first-order valence-corrected chi connectivity index (χ1v) is 11.8. The van der Waals surface area contributed by atoms with E-state index in [2.05, 4.69) is 17.1 Å². The fourth-order valence-electron chi connectivity index (χ4n) is 5.07. The molecule has 4 rings (SSSR count).